The third-order valence-electron chi connectivity index (χ3n) is 5.32. The van der Waals surface area contributed by atoms with E-state index in [2.05, 4.69) is 34.1 Å². The molecule has 1 fully saturated rings. The minimum absolute atomic E-state index is 0.215. The van der Waals surface area contributed by atoms with E-state index in [0.717, 1.165) is 38.2 Å². The van der Waals surface area contributed by atoms with Gasteiger partial charge in [0.15, 0.2) is 0 Å². The third kappa shape index (κ3) is 5.49. The van der Waals surface area contributed by atoms with Crippen molar-refractivity contribution in [3.63, 3.8) is 0 Å². The molecule has 1 heterocycles. The number of anilines is 2. The molecule has 29 heavy (non-hydrogen) atoms. The fraction of sp³-hybridized carbons (Fsp3) is 0.435. The number of hydrogen-bond donors (Lipinski definition) is 0. The minimum atomic E-state index is -0.315. The first kappa shape index (κ1) is 21.1. The Kier molecular flexibility index (Phi) is 7.49. The van der Waals surface area contributed by atoms with Crippen LogP contribution in [0.25, 0.3) is 0 Å². The number of rotatable bonds is 9. The lowest BCUT2D eigenvalue weighted by Gasteiger charge is -2.24. The van der Waals surface area contributed by atoms with Crippen molar-refractivity contribution in [1.29, 1.82) is 0 Å². The van der Waals surface area contributed by atoms with Crippen LogP contribution in [0.3, 0.4) is 0 Å². The Labute approximate surface area is 173 Å². The van der Waals surface area contributed by atoms with Gasteiger partial charge < -0.3 is 24.0 Å². The maximum atomic E-state index is 11.8. The van der Waals surface area contributed by atoms with Crippen LogP contribution in [0.2, 0.25) is 0 Å². The van der Waals surface area contributed by atoms with Gasteiger partial charge in [-0.25, -0.2) is 4.79 Å². The van der Waals surface area contributed by atoms with Gasteiger partial charge in [-0.15, -0.1) is 0 Å². The molecule has 1 atom stereocenters. The van der Waals surface area contributed by atoms with Crippen LogP contribution in [-0.4, -0.2) is 59.8 Å². The number of nitrogens with zero attached hydrogens (tertiary/aromatic N) is 2. The number of para-hydroxylation sites is 1. The molecule has 0 amide bonds. The van der Waals surface area contributed by atoms with Crippen LogP contribution in [0.5, 0.6) is 0 Å². The summed E-state index contributed by atoms with van der Waals surface area (Å²) in [4.78, 5) is 16.3. The van der Waals surface area contributed by atoms with E-state index in [4.69, 9.17) is 14.2 Å². The summed E-state index contributed by atoms with van der Waals surface area (Å²) < 4.78 is 15.6. The van der Waals surface area contributed by atoms with Crippen LogP contribution >= 0.6 is 0 Å². The van der Waals surface area contributed by atoms with Gasteiger partial charge in [-0.3, -0.25) is 0 Å². The van der Waals surface area contributed by atoms with Crippen molar-refractivity contribution in [1.82, 2.24) is 0 Å². The Morgan fingerprint density at radius 3 is 2.79 bits per heavy atom. The second-order valence-electron chi connectivity index (χ2n) is 7.27. The number of carbonyl (C=O) groups excluding carboxylic acids is 1. The summed E-state index contributed by atoms with van der Waals surface area (Å²) in [6.45, 7) is 3.06. The van der Waals surface area contributed by atoms with Crippen LogP contribution in [0.15, 0.2) is 48.5 Å². The van der Waals surface area contributed by atoms with E-state index in [1.54, 1.807) is 13.2 Å². The Bertz CT molecular complexity index is 811. The first-order chi connectivity index (χ1) is 14.1. The minimum Gasteiger partial charge on any atom is -0.465 e. The average Bonchev–Trinajstić information content (AvgIpc) is 3.24. The highest BCUT2D eigenvalue weighted by Gasteiger charge is 2.24. The Hall–Kier alpha value is -2.57. The van der Waals surface area contributed by atoms with Gasteiger partial charge in [-0.2, -0.15) is 0 Å². The molecule has 2 aromatic rings. The summed E-state index contributed by atoms with van der Waals surface area (Å²) in [5.74, 6) is -0.315. The standard InChI is InChI=1S/C23H30N2O4/c1-24(20-9-6-8-19(15-20)23(26)28-3)13-11-18-7-4-5-10-22(18)25-14-12-21(16-25)29-17-27-2/h4-10,15,21H,11-14,16-17H2,1-3H3/t21-/m0/s1. The highest BCUT2D eigenvalue weighted by molar-refractivity contribution is 5.90. The fourth-order valence-corrected chi connectivity index (χ4v) is 3.68. The summed E-state index contributed by atoms with van der Waals surface area (Å²) >= 11 is 0. The molecule has 1 saturated heterocycles. The number of methoxy groups -OCH3 is 2. The molecule has 0 spiro atoms. The molecule has 0 saturated carbocycles. The van der Waals surface area contributed by atoms with Gasteiger partial charge in [0.05, 0.1) is 18.8 Å². The van der Waals surface area contributed by atoms with Gasteiger partial charge in [-0.1, -0.05) is 24.3 Å². The average molecular weight is 399 g/mol. The van der Waals surface area contributed by atoms with E-state index < -0.39 is 0 Å². The predicted molar refractivity (Wildman–Crippen MR) is 115 cm³/mol. The smallest absolute Gasteiger partial charge is 0.337 e. The molecule has 0 bridgehead atoms. The van der Waals surface area contributed by atoms with Gasteiger partial charge >= 0.3 is 5.97 Å². The van der Waals surface area contributed by atoms with Gasteiger partial charge in [0.2, 0.25) is 0 Å². The van der Waals surface area contributed by atoms with E-state index in [1.165, 1.54) is 18.4 Å². The Morgan fingerprint density at radius 1 is 1.17 bits per heavy atom. The van der Waals surface area contributed by atoms with E-state index in [0.29, 0.717) is 12.4 Å². The van der Waals surface area contributed by atoms with E-state index in [1.807, 2.05) is 25.2 Å². The molecule has 1 aliphatic rings. The van der Waals surface area contributed by atoms with Crippen LogP contribution in [-0.2, 0) is 20.6 Å². The van der Waals surface area contributed by atoms with Gasteiger partial charge in [0.1, 0.15) is 6.79 Å². The molecular formula is C23H30N2O4. The van der Waals surface area contributed by atoms with Crippen LogP contribution in [0, 0.1) is 0 Å². The van der Waals surface area contributed by atoms with Gasteiger partial charge in [0.25, 0.3) is 0 Å². The predicted octanol–water partition coefficient (Wildman–Crippen LogP) is 3.35. The number of carbonyl (C=O) groups is 1. The summed E-state index contributed by atoms with van der Waals surface area (Å²) in [6, 6.07) is 16.1. The van der Waals surface area contributed by atoms with Crippen molar-refractivity contribution >= 4 is 17.3 Å². The maximum absolute atomic E-state index is 11.8. The molecule has 0 unspecified atom stereocenters. The fourth-order valence-electron chi connectivity index (χ4n) is 3.68. The van der Waals surface area contributed by atoms with Gasteiger partial charge in [0, 0.05) is 45.2 Å². The van der Waals surface area contributed by atoms with Crippen LogP contribution in [0.1, 0.15) is 22.3 Å². The second kappa shape index (κ2) is 10.3. The molecule has 3 rings (SSSR count). The second-order valence-corrected chi connectivity index (χ2v) is 7.27. The number of likely N-dealkylation sites (N-methyl/N-ethyl adjacent to an activating group) is 1. The van der Waals surface area contributed by atoms with Crippen molar-refractivity contribution in [2.45, 2.75) is 18.9 Å². The summed E-state index contributed by atoms with van der Waals surface area (Å²) in [6.07, 6.45) is 2.14. The maximum Gasteiger partial charge on any atom is 0.337 e. The van der Waals surface area contributed by atoms with Crippen molar-refractivity contribution in [2.24, 2.45) is 0 Å². The van der Waals surface area contributed by atoms with Crippen molar-refractivity contribution < 1.29 is 19.0 Å². The highest BCUT2D eigenvalue weighted by Crippen LogP contribution is 2.27. The molecule has 1 aliphatic heterocycles. The molecule has 2 aromatic carbocycles. The molecule has 156 valence electrons. The quantitative estimate of drug-likeness (QED) is 0.477. The molecular weight excluding hydrogens is 368 g/mol. The van der Waals surface area contributed by atoms with E-state index in [9.17, 15) is 4.79 Å². The lowest BCUT2D eigenvalue weighted by atomic mass is 10.1. The van der Waals surface area contributed by atoms with Crippen molar-refractivity contribution in [2.75, 3.05) is 57.5 Å². The topological polar surface area (TPSA) is 51.2 Å². The van der Waals surface area contributed by atoms with Crippen LogP contribution < -0.4 is 9.80 Å². The highest BCUT2D eigenvalue weighted by atomic mass is 16.7. The lowest BCUT2D eigenvalue weighted by Crippen LogP contribution is -2.25. The van der Waals surface area contributed by atoms with Gasteiger partial charge in [-0.05, 0) is 42.7 Å². The van der Waals surface area contributed by atoms with Crippen LogP contribution in [0.4, 0.5) is 11.4 Å². The zero-order valence-electron chi connectivity index (χ0n) is 17.5. The molecule has 0 N–H and O–H groups in total. The zero-order chi connectivity index (χ0) is 20.6. The monoisotopic (exact) mass is 398 g/mol. The molecule has 0 aliphatic carbocycles. The lowest BCUT2D eigenvalue weighted by molar-refractivity contribution is -0.0636. The normalized spacial score (nSPS) is 16.1. The molecule has 0 aromatic heterocycles. The number of esters is 1. The largest absolute Gasteiger partial charge is 0.465 e. The van der Waals surface area contributed by atoms with Crippen molar-refractivity contribution in [3.8, 4) is 0 Å². The van der Waals surface area contributed by atoms with E-state index in [-0.39, 0.29) is 12.1 Å². The van der Waals surface area contributed by atoms with E-state index >= 15 is 0 Å². The summed E-state index contributed by atoms with van der Waals surface area (Å²) in [5, 5.41) is 0. The molecule has 6 heteroatoms. The summed E-state index contributed by atoms with van der Waals surface area (Å²) in [7, 11) is 5.10. The summed E-state index contributed by atoms with van der Waals surface area (Å²) in [5.41, 5.74) is 4.15. The first-order valence-electron chi connectivity index (χ1n) is 9.95. The Morgan fingerprint density at radius 2 is 2.00 bits per heavy atom. The molecule has 0 radical (unpaired) electrons. The third-order valence-corrected chi connectivity index (χ3v) is 5.32. The number of ether oxygens (including phenoxy) is 3. The van der Waals surface area contributed by atoms with Crippen molar-refractivity contribution in [3.05, 3.63) is 59.7 Å². The molecule has 6 nitrogen and oxygen atoms in total. The SMILES string of the molecule is COCO[C@H]1CCN(c2ccccc2CCN(C)c2cccc(C(=O)OC)c2)C1. The zero-order valence-corrected chi connectivity index (χ0v) is 17.5. The number of hydrogen-bond acceptors (Lipinski definition) is 6. The Balaban J connectivity index is 1.64. The first-order valence-corrected chi connectivity index (χ1v) is 9.95. The number of benzene rings is 2.